The van der Waals surface area contributed by atoms with Crippen molar-refractivity contribution in [3.8, 4) is 0 Å². The molecular formula is C17H26N4O2S. The molecule has 1 aliphatic carbocycles. The fourth-order valence-corrected chi connectivity index (χ4v) is 4.47. The van der Waals surface area contributed by atoms with Gasteiger partial charge in [0.1, 0.15) is 0 Å². The van der Waals surface area contributed by atoms with Crippen LogP contribution < -0.4 is 10.6 Å². The molecule has 2 aliphatic rings. The number of carbonyl (C=O) groups excluding carboxylic acids is 2. The molecule has 0 spiro atoms. The Morgan fingerprint density at radius 2 is 2.08 bits per heavy atom. The summed E-state index contributed by atoms with van der Waals surface area (Å²) in [6.07, 6.45) is 6.40. The first-order valence-corrected chi connectivity index (χ1v) is 9.67. The van der Waals surface area contributed by atoms with Crippen molar-refractivity contribution in [2.45, 2.75) is 65.0 Å². The third kappa shape index (κ3) is 4.26. The standard InChI is InChI=1S/C17H26N4O2S/c1-11(2)18-16(23)20-17-19-13-7-8-21(10-14(13)24-17)15(22)9-12-5-3-4-6-12/h11-12H,3-10H2,1-2H3,(H2,18,19,20,23). The molecule has 3 rings (SSSR count). The van der Waals surface area contributed by atoms with Crippen LogP contribution in [0, 0.1) is 5.92 Å². The fourth-order valence-electron chi connectivity index (χ4n) is 3.45. The van der Waals surface area contributed by atoms with Crippen LogP contribution >= 0.6 is 11.3 Å². The highest BCUT2D eigenvalue weighted by molar-refractivity contribution is 7.15. The van der Waals surface area contributed by atoms with Gasteiger partial charge in [0.2, 0.25) is 5.91 Å². The topological polar surface area (TPSA) is 74.3 Å². The molecule has 6 nitrogen and oxygen atoms in total. The molecule has 24 heavy (non-hydrogen) atoms. The van der Waals surface area contributed by atoms with E-state index in [4.69, 9.17) is 0 Å². The number of amides is 3. The minimum atomic E-state index is -0.231. The minimum absolute atomic E-state index is 0.0864. The molecule has 2 N–H and O–H groups in total. The van der Waals surface area contributed by atoms with E-state index >= 15 is 0 Å². The van der Waals surface area contributed by atoms with Crippen molar-refractivity contribution >= 4 is 28.4 Å². The average molecular weight is 350 g/mol. The Balaban J connectivity index is 1.57. The van der Waals surface area contributed by atoms with Crippen LogP contribution in [0.5, 0.6) is 0 Å². The maximum Gasteiger partial charge on any atom is 0.321 e. The summed E-state index contributed by atoms with van der Waals surface area (Å²) in [6.45, 7) is 5.20. The quantitative estimate of drug-likeness (QED) is 0.876. The molecular weight excluding hydrogens is 324 g/mol. The summed E-state index contributed by atoms with van der Waals surface area (Å²) >= 11 is 1.48. The zero-order valence-electron chi connectivity index (χ0n) is 14.4. The highest BCUT2D eigenvalue weighted by Crippen LogP contribution is 2.31. The predicted octanol–water partition coefficient (Wildman–Crippen LogP) is 3.14. The Bertz CT molecular complexity index is 608. The van der Waals surface area contributed by atoms with Gasteiger partial charge >= 0.3 is 6.03 Å². The van der Waals surface area contributed by atoms with Gasteiger partial charge in [0.15, 0.2) is 5.13 Å². The second-order valence-electron chi connectivity index (χ2n) is 7.06. The number of fused-ring (bicyclic) bond motifs is 1. The zero-order valence-corrected chi connectivity index (χ0v) is 15.2. The van der Waals surface area contributed by atoms with Gasteiger partial charge in [-0.25, -0.2) is 9.78 Å². The molecule has 7 heteroatoms. The SMILES string of the molecule is CC(C)NC(=O)Nc1nc2c(s1)CN(C(=O)CC1CCCC1)CC2. The summed E-state index contributed by atoms with van der Waals surface area (Å²) in [7, 11) is 0. The van der Waals surface area contributed by atoms with Gasteiger partial charge < -0.3 is 10.2 Å². The molecule has 0 bridgehead atoms. The van der Waals surface area contributed by atoms with Crippen LogP contribution in [-0.4, -0.2) is 34.4 Å². The van der Waals surface area contributed by atoms with Crippen molar-refractivity contribution in [2.75, 3.05) is 11.9 Å². The van der Waals surface area contributed by atoms with Crippen LogP contribution in [0.1, 0.15) is 56.5 Å². The first-order chi connectivity index (χ1) is 11.5. The maximum atomic E-state index is 12.5. The van der Waals surface area contributed by atoms with Crippen molar-refractivity contribution < 1.29 is 9.59 Å². The number of thiazole rings is 1. The molecule has 3 amide bonds. The van der Waals surface area contributed by atoms with Crippen LogP contribution in [-0.2, 0) is 17.8 Å². The van der Waals surface area contributed by atoms with Crippen LogP contribution in [0.3, 0.4) is 0 Å². The van der Waals surface area contributed by atoms with Gasteiger partial charge in [-0.3, -0.25) is 10.1 Å². The lowest BCUT2D eigenvalue weighted by Gasteiger charge is -2.27. The smallest absolute Gasteiger partial charge is 0.321 e. The van der Waals surface area contributed by atoms with E-state index in [9.17, 15) is 9.59 Å². The molecule has 2 heterocycles. The Hall–Kier alpha value is -1.63. The van der Waals surface area contributed by atoms with E-state index in [0.717, 1.165) is 23.5 Å². The molecule has 0 atom stereocenters. The largest absolute Gasteiger partial charge is 0.337 e. The molecule has 1 aromatic heterocycles. The summed E-state index contributed by atoms with van der Waals surface area (Å²) in [5, 5.41) is 6.19. The molecule has 0 aromatic carbocycles. The molecule has 0 saturated heterocycles. The lowest BCUT2D eigenvalue weighted by Crippen LogP contribution is -2.36. The Morgan fingerprint density at radius 3 is 2.79 bits per heavy atom. The predicted molar refractivity (Wildman–Crippen MR) is 95.1 cm³/mol. The summed E-state index contributed by atoms with van der Waals surface area (Å²) in [5.41, 5.74) is 1.02. The van der Waals surface area contributed by atoms with Crippen molar-refractivity contribution in [2.24, 2.45) is 5.92 Å². The molecule has 0 radical (unpaired) electrons. The lowest BCUT2D eigenvalue weighted by atomic mass is 10.0. The Kier molecular flexibility index (Phi) is 5.38. The normalized spacial score (nSPS) is 17.9. The molecule has 1 aromatic rings. The number of anilines is 1. The van der Waals surface area contributed by atoms with Crippen molar-refractivity contribution in [1.82, 2.24) is 15.2 Å². The van der Waals surface area contributed by atoms with Crippen LogP contribution in [0.4, 0.5) is 9.93 Å². The first kappa shape index (κ1) is 17.2. The van der Waals surface area contributed by atoms with Crippen molar-refractivity contribution in [1.29, 1.82) is 0 Å². The number of hydrogen-bond donors (Lipinski definition) is 2. The minimum Gasteiger partial charge on any atom is -0.337 e. The van der Waals surface area contributed by atoms with Crippen LogP contribution in [0.2, 0.25) is 0 Å². The Morgan fingerprint density at radius 1 is 1.33 bits per heavy atom. The first-order valence-electron chi connectivity index (χ1n) is 8.85. The van der Waals surface area contributed by atoms with E-state index in [0.29, 0.717) is 24.0 Å². The summed E-state index contributed by atoms with van der Waals surface area (Å²) < 4.78 is 0. The van der Waals surface area contributed by atoms with Gasteiger partial charge in [0.05, 0.1) is 12.2 Å². The fraction of sp³-hybridized carbons (Fsp3) is 0.706. The second-order valence-corrected chi connectivity index (χ2v) is 8.15. The summed E-state index contributed by atoms with van der Waals surface area (Å²) in [4.78, 5) is 31.8. The third-order valence-corrected chi connectivity index (χ3v) is 5.66. The maximum absolute atomic E-state index is 12.5. The van der Waals surface area contributed by atoms with E-state index in [1.165, 1.54) is 37.0 Å². The number of urea groups is 1. The number of nitrogens with zero attached hydrogens (tertiary/aromatic N) is 2. The second kappa shape index (κ2) is 7.51. The number of aromatic nitrogens is 1. The number of rotatable bonds is 4. The monoisotopic (exact) mass is 350 g/mol. The highest BCUT2D eigenvalue weighted by atomic mass is 32.1. The van der Waals surface area contributed by atoms with Crippen molar-refractivity contribution in [3.05, 3.63) is 10.6 Å². The number of nitrogens with one attached hydrogen (secondary N) is 2. The number of carbonyl (C=O) groups is 2. The van der Waals surface area contributed by atoms with Gasteiger partial charge in [-0.05, 0) is 32.6 Å². The zero-order chi connectivity index (χ0) is 17.1. The van der Waals surface area contributed by atoms with Gasteiger partial charge in [0, 0.05) is 30.3 Å². The molecule has 1 fully saturated rings. The average Bonchev–Trinajstić information content (AvgIpc) is 3.13. The van der Waals surface area contributed by atoms with E-state index < -0.39 is 0 Å². The van der Waals surface area contributed by atoms with Crippen LogP contribution in [0.25, 0.3) is 0 Å². The van der Waals surface area contributed by atoms with Gasteiger partial charge in [0.25, 0.3) is 0 Å². The summed E-state index contributed by atoms with van der Waals surface area (Å²) in [5.74, 6) is 0.852. The molecule has 1 aliphatic heterocycles. The third-order valence-electron chi connectivity index (χ3n) is 4.66. The lowest BCUT2D eigenvalue weighted by molar-refractivity contribution is -0.133. The van der Waals surface area contributed by atoms with E-state index in [-0.39, 0.29) is 18.0 Å². The van der Waals surface area contributed by atoms with Gasteiger partial charge in [-0.2, -0.15) is 0 Å². The highest BCUT2D eigenvalue weighted by Gasteiger charge is 2.27. The van der Waals surface area contributed by atoms with E-state index in [1.807, 2.05) is 18.7 Å². The van der Waals surface area contributed by atoms with Crippen LogP contribution in [0.15, 0.2) is 0 Å². The van der Waals surface area contributed by atoms with Crippen molar-refractivity contribution in [3.63, 3.8) is 0 Å². The Labute approximate surface area is 147 Å². The summed E-state index contributed by atoms with van der Waals surface area (Å²) in [6, 6.07) is -0.145. The van der Waals surface area contributed by atoms with E-state index in [2.05, 4.69) is 15.6 Å². The van der Waals surface area contributed by atoms with Gasteiger partial charge in [-0.15, -0.1) is 0 Å². The number of hydrogen-bond acceptors (Lipinski definition) is 4. The van der Waals surface area contributed by atoms with Gasteiger partial charge in [-0.1, -0.05) is 24.2 Å². The molecule has 1 saturated carbocycles. The molecule has 0 unspecified atom stereocenters. The van der Waals surface area contributed by atoms with E-state index in [1.54, 1.807) is 0 Å². The molecule has 132 valence electrons.